The van der Waals surface area contributed by atoms with Crippen LogP contribution in [0.5, 0.6) is 28.7 Å². The Morgan fingerprint density at radius 2 is 1.67 bits per heavy atom. The predicted octanol–water partition coefficient (Wildman–Crippen LogP) is 7.22. The molecular formula is C35H40N2O6. The first-order valence-corrected chi connectivity index (χ1v) is 14.7. The molecule has 0 saturated heterocycles. The van der Waals surface area contributed by atoms with E-state index in [2.05, 4.69) is 33.8 Å². The van der Waals surface area contributed by atoms with Crippen molar-refractivity contribution >= 4 is 5.97 Å². The highest BCUT2D eigenvalue weighted by molar-refractivity contribution is 5.77. The molecule has 0 fully saturated rings. The first kappa shape index (κ1) is 31.3. The lowest BCUT2D eigenvalue weighted by Crippen LogP contribution is -2.28. The average molecular weight is 585 g/mol. The molecule has 1 heterocycles. The van der Waals surface area contributed by atoms with Crippen molar-refractivity contribution in [3.8, 4) is 34.8 Å². The van der Waals surface area contributed by atoms with Crippen LogP contribution in [0.25, 0.3) is 0 Å². The second-order valence-electron chi connectivity index (χ2n) is 11.2. The van der Waals surface area contributed by atoms with E-state index >= 15 is 0 Å². The zero-order valence-electron chi connectivity index (χ0n) is 25.7. The number of hydrogen-bond donors (Lipinski definition) is 1. The van der Waals surface area contributed by atoms with Crippen molar-refractivity contribution in [2.24, 2.45) is 11.7 Å². The Hall–Kier alpha value is -4.64. The van der Waals surface area contributed by atoms with Crippen LogP contribution in [0.15, 0.2) is 72.1 Å². The van der Waals surface area contributed by atoms with Crippen molar-refractivity contribution in [2.45, 2.75) is 65.9 Å². The molecule has 0 aromatic heterocycles. The third-order valence-electron chi connectivity index (χ3n) is 7.15. The second kappa shape index (κ2) is 14.0. The third-order valence-corrected chi connectivity index (χ3v) is 7.15. The van der Waals surface area contributed by atoms with Gasteiger partial charge in [-0.25, -0.2) is 4.79 Å². The van der Waals surface area contributed by atoms with Crippen LogP contribution in [-0.2, 0) is 4.79 Å². The van der Waals surface area contributed by atoms with E-state index in [9.17, 15) is 10.1 Å². The number of carbonyl (C=O) groups is 1. The van der Waals surface area contributed by atoms with Gasteiger partial charge in [-0.3, -0.25) is 0 Å². The molecule has 2 unspecified atom stereocenters. The summed E-state index contributed by atoms with van der Waals surface area (Å²) in [4.78, 5) is 12.9. The van der Waals surface area contributed by atoms with Crippen molar-refractivity contribution in [1.82, 2.24) is 0 Å². The summed E-state index contributed by atoms with van der Waals surface area (Å²) in [5.74, 6) is 2.29. The molecular weight excluding hydrogens is 544 g/mol. The SMILES string of the molecule is CCOc1cc(C2C(C#N)=C(N)Oc3cc(OC(=O)C(C)Oc4ccc(C(C)C)cc4)ccc32)ccc1OCCC(C)C. The van der Waals surface area contributed by atoms with Gasteiger partial charge in [0, 0.05) is 11.6 Å². The summed E-state index contributed by atoms with van der Waals surface area (Å²) >= 11 is 0. The van der Waals surface area contributed by atoms with Gasteiger partial charge in [0.2, 0.25) is 5.88 Å². The van der Waals surface area contributed by atoms with Crippen molar-refractivity contribution < 1.29 is 28.5 Å². The van der Waals surface area contributed by atoms with Crippen LogP contribution >= 0.6 is 0 Å². The minimum Gasteiger partial charge on any atom is -0.490 e. The van der Waals surface area contributed by atoms with Gasteiger partial charge in [-0.2, -0.15) is 5.26 Å². The largest absolute Gasteiger partial charge is 0.490 e. The first-order valence-electron chi connectivity index (χ1n) is 14.7. The normalized spacial score (nSPS) is 14.9. The molecule has 0 aliphatic carbocycles. The number of nitrogens with zero attached hydrogens (tertiary/aromatic N) is 1. The molecule has 3 aromatic rings. The highest BCUT2D eigenvalue weighted by Crippen LogP contribution is 2.45. The Labute approximate surface area is 254 Å². The predicted molar refractivity (Wildman–Crippen MR) is 165 cm³/mol. The van der Waals surface area contributed by atoms with E-state index in [0.717, 1.165) is 12.0 Å². The first-order chi connectivity index (χ1) is 20.6. The van der Waals surface area contributed by atoms with E-state index in [0.29, 0.717) is 53.6 Å². The molecule has 226 valence electrons. The van der Waals surface area contributed by atoms with Crippen LogP contribution in [0, 0.1) is 17.2 Å². The molecule has 4 rings (SSSR count). The molecule has 0 radical (unpaired) electrons. The monoisotopic (exact) mass is 584 g/mol. The number of esters is 1. The van der Waals surface area contributed by atoms with Crippen LogP contribution in [0.3, 0.4) is 0 Å². The molecule has 43 heavy (non-hydrogen) atoms. The van der Waals surface area contributed by atoms with Gasteiger partial charge in [-0.15, -0.1) is 0 Å². The van der Waals surface area contributed by atoms with E-state index in [1.54, 1.807) is 25.1 Å². The molecule has 8 nitrogen and oxygen atoms in total. The van der Waals surface area contributed by atoms with E-state index in [4.69, 9.17) is 29.4 Å². The van der Waals surface area contributed by atoms with E-state index in [1.165, 1.54) is 5.56 Å². The van der Waals surface area contributed by atoms with Crippen LogP contribution < -0.4 is 29.4 Å². The van der Waals surface area contributed by atoms with Crippen molar-refractivity contribution in [3.63, 3.8) is 0 Å². The van der Waals surface area contributed by atoms with Gasteiger partial charge in [-0.05, 0) is 73.6 Å². The van der Waals surface area contributed by atoms with Crippen molar-refractivity contribution in [1.29, 1.82) is 5.26 Å². The second-order valence-corrected chi connectivity index (χ2v) is 11.2. The molecule has 1 aliphatic heterocycles. The summed E-state index contributed by atoms with van der Waals surface area (Å²) in [5, 5.41) is 10.0. The Bertz CT molecular complexity index is 1500. The van der Waals surface area contributed by atoms with Gasteiger partial charge in [0.1, 0.15) is 28.9 Å². The summed E-state index contributed by atoms with van der Waals surface area (Å²) in [6, 6.07) is 20.5. The Balaban J connectivity index is 1.55. The van der Waals surface area contributed by atoms with Gasteiger partial charge in [0.25, 0.3) is 0 Å². The molecule has 1 aliphatic rings. The van der Waals surface area contributed by atoms with Gasteiger partial charge < -0.3 is 29.4 Å². The zero-order chi connectivity index (χ0) is 31.1. The molecule has 2 atom stereocenters. The highest BCUT2D eigenvalue weighted by atomic mass is 16.6. The number of fused-ring (bicyclic) bond motifs is 1. The molecule has 3 aromatic carbocycles. The van der Waals surface area contributed by atoms with Crippen molar-refractivity contribution in [3.05, 3.63) is 88.8 Å². The lowest BCUT2D eigenvalue weighted by atomic mass is 9.83. The number of allylic oxidation sites excluding steroid dienone is 1. The average Bonchev–Trinajstić information content (AvgIpc) is 2.97. The quantitative estimate of drug-likeness (QED) is 0.175. The lowest BCUT2D eigenvalue weighted by Gasteiger charge is -2.27. The fraction of sp³-hybridized carbons (Fsp3) is 0.371. The summed E-state index contributed by atoms with van der Waals surface area (Å²) in [6.45, 7) is 13.1. The topological polar surface area (TPSA) is 113 Å². The van der Waals surface area contributed by atoms with E-state index in [-0.39, 0.29) is 17.2 Å². The maximum absolute atomic E-state index is 12.9. The van der Waals surface area contributed by atoms with Gasteiger partial charge in [0.05, 0.1) is 19.1 Å². The lowest BCUT2D eigenvalue weighted by molar-refractivity contribution is -0.141. The maximum atomic E-state index is 12.9. The van der Waals surface area contributed by atoms with E-state index < -0.39 is 18.0 Å². The summed E-state index contributed by atoms with van der Waals surface area (Å²) in [5.41, 5.74) is 9.17. The number of ether oxygens (including phenoxy) is 5. The van der Waals surface area contributed by atoms with E-state index in [1.807, 2.05) is 49.4 Å². The minimum absolute atomic E-state index is 0.0137. The number of benzene rings is 3. The fourth-order valence-corrected chi connectivity index (χ4v) is 4.72. The smallest absolute Gasteiger partial charge is 0.352 e. The standard InChI is InChI=1S/C35H40N2O6/c1-7-39-32-18-25(10-15-30(32)40-17-16-21(2)3)33-28-14-13-27(19-31(28)43-34(37)29(33)20-36)42-35(38)23(6)41-26-11-8-24(9-12-26)22(4)5/h8-15,18-19,21-23,33H,7,16-17,37H2,1-6H3. The number of hydrogen-bond acceptors (Lipinski definition) is 8. The maximum Gasteiger partial charge on any atom is 0.352 e. The Morgan fingerprint density at radius 3 is 2.33 bits per heavy atom. The molecule has 2 N–H and O–H groups in total. The number of carbonyl (C=O) groups excluding carboxylic acids is 1. The fourth-order valence-electron chi connectivity index (χ4n) is 4.72. The van der Waals surface area contributed by atoms with Crippen LogP contribution in [-0.4, -0.2) is 25.3 Å². The van der Waals surface area contributed by atoms with Gasteiger partial charge in [0.15, 0.2) is 17.6 Å². The minimum atomic E-state index is -0.844. The summed E-state index contributed by atoms with van der Waals surface area (Å²) in [7, 11) is 0. The van der Waals surface area contributed by atoms with Crippen LogP contribution in [0.1, 0.15) is 76.5 Å². The van der Waals surface area contributed by atoms with Crippen LogP contribution in [0.4, 0.5) is 0 Å². The summed E-state index contributed by atoms with van der Waals surface area (Å²) < 4.78 is 29.2. The molecule has 8 heteroatoms. The van der Waals surface area contributed by atoms with Crippen molar-refractivity contribution in [2.75, 3.05) is 13.2 Å². The Morgan fingerprint density at radius 1 is 0.953 bits per heavy atom. The molecule has 0 amide bonds. The molecule has 0 saturated carbocycles. The zero-order valence-corrected chi connectivity index (χ0v) is 25.7. The van der Waals surface area contributed by atoms with Gasteiger partial charge >= 0.3 is 5.97 Å². The number of rotatable bonds is 12. The summed E-state index contributed by atoms with van der Waals surface area (Å²) in [6.07, 6.45) is 0.0739. The Kier molecular flexibility index (Phi) is 10.2. The number of nitrogens with two attached hydrogens (primary N) is 1. The van der Waals surface area contributed by atoms with Gasteiger partial charge in [-0.1, -0.05) is 52.0 Å². The molecule has 0 spiro atoms. The van der Waals surface area contributed by atoms with Crippen LogP contribution in [0.2, 0.25) is 0 Å². The molecule has 0 bridgehead atoms. The third kappa shape index (κ3) is 7.61. The highest BCUT2D eigenvalue weighted by Gasteiger charge is 2.32. The number of nitriles is 1.